The molecule has 9 N–H and O–H groups in total. The molecule has 8 unspecified atom stereocenters. The second-order valence-corrected chi connectivity index (χ2v) is 14.6. The number of aliphatic carboxylic acids is 3. The molecule has 19 nitrogen and oxygen atoms in total. The number of hydrogen-bond acceptors (Lipinski definition) is 11. The van der Waals surface area contributed by atoms with Crippen molar-refractivity contribution in [3.8, 4) is 0 Å². The van der Waals surface area contributed by atoms with E-state index < -0.39 is 114 Å². The minimum atomic E-state index is -2.09. The summed E-state index contributed by atoms with van der Waals surface area (Å²) in [5, 5.41) is 43.4. The van der Waals surface area contributed by atoms with E-state index in [4.69, 9.17) is 0 Å². The molecule has 55 heavy (non-hydrogen) atoms. The van der Waals surface area contributed by atoms with E-state index in [9.17, 15) is 63.3 Å². The highest BCUT2D eigenvalue weighted by atomic mass is 32.1. The summed E-state index contributed by atoms with van der Waals surface area (Å²) in [5.74, 6) is -13.4. The van der Waals surface area contributed by atoms with Crippen LogP contribution in [-0.4, -0.2) is 117 Å². The van der Waals surface area contributed by atoms with Crippen LogP contribution < -0.4 is 31.9 Å². The first-order chi connectivity index (χ1) is 25.7. The number of nitrogens with one attached hydrogen (secondary N) is 6. The monoisotopic (exact) mass is 800 g/mol. The predicted molar refractivity (Wildman–Crippen MR) is 198 cm³/mol. The van der Waals surface area contributed by atoms with Crippen molar-refractivity contribution in [2.45, 2.75) is 129 Å². The van der Waals surface area contributed by atoms with Crippen molar-refractivity contribution in [2.75, 3.05) is 5.75 Å². The maximum absolute atomic E-state index is 13.9. The zero-order chi connectivity index (χ0) is 42.0. The third-order valence-electron chi connectivity index (χ3n) is 9.31. The van der Waals surface area contributed by atoms with Gasteiger partial charge in [0.05, 0.1) is 12.5 Å². The fourth-order valence-electron chi connectivity index (χ4n) is 6.11. The van der Waals surface area contributed by atoms with Crippen LogP contribution in [0.5, 0.6) is 0 Å². The molecular formula is C35H56N6O13S. The van der Waals surface area contributed by atoms with E-state index in [1.54, 1.807) is 27.7 Å². The van der Waals surface area contributed by atoms with Gasteiger partial charge in [-0.15, -0.1) is 0 Å². The van der Waals surface area contributed by atoms with Crippen LogP contribution in [-0.2, 0) is 47.9 Å². The van der Waals surface area contributed by atoms with Gasteiger partial charge in [-0.05, 0) is 37.0 Å². The molecule has 0 spiro atoms. The topological polar surface area (TPSA) is 304 Å². The van der Waals surface area contributed by atoms with Crippen molar-refractivity contribution in [1.82, 2.24) is 31.9 Å². The first kappa shape index (κ1) is 48.3. The van der Waals surface area contributed by atoms with Gasteiger partial charge in [-0.2, -0.15) is 12.6 Å². The lowest BCUT2D eigenvalue weighted by molar-refractivity contribution is -0.150. The Morgan fingerprint density at radius 1 is 0.691 bits per heavy atom. The minimum Gasteiger partial charge on any atom is -0.481 e. The highest BCUT2D eigenvalue weighted by molar-refractivity contribution is 7.80. The van der Waals surface area contributed by atoms with Gasteiger partial charge in [0.1, 0.15) is 42.4 Å². The molecule has 0 heterocycles. The molecule has 20 heteroatoms. The summed E-state index contributed by atoms with van der Waals surface area (Å²) in [6.07, 6.45) is 2.66. The molecule has 0 saturated heterocycles. The summed E-state index contributed by atoms with van der Waals surface area (Å²) in [7, 11) is 0. The largest absolute Gasteiger partial charge is 0.481 e. The summed E-state index contributed by atoms with van der Waals surface area (Å²) in [4.78, 5) is 125. The van der Waals surface area contributed by atoms with E-state index in [0.29, 0.717) is 19.3 Å². The minimum absolute atomic E-state index is 0.0402. The normalized spacial score (nSPS) is 17.4. The first-order valence-corrected chi connectivity index (χ1v) is 18.9. The number of thiol groups is 1. The van der Waals surface area contributed by atoms with Crippen LogP contribution in [0.4, 0.5) is 0 Å². The predicted octanol–water partition coefficient (Wildman–Crippen LogP) is -0.633. The van der Waals surface area contributed by atoms with Crippen molar-refractivity contribution < 1.29 is 63.3 Å². The summed E-state index contributed by atoms with van der Waals surface area (Å²) in [6.45, 7) is 7.95. The zero-order valence-electron chi connectivity index (χ0n) is 31.8. The molecule has 1 fully saturated rings. The summed E-state index contributed by atoms with van der Waals surface area (Å²) < 4.78 is 0. The molecule has 1 aliphatic carbocycles. The van der Waals surface area contributed by atoms with Crippen LogP contribution in [0.2, 0.25) is 0 Å². The van der Waals surface area contributed by atoms with Crippen LogP contribution >= 0.6 is 12.6 Å². The second-order valence-electron chi connectivity index (χ2n) is 14.3. The maximum atomic E-state index is 13.9. The summed E-state index contributed by atoms with van der Waals surface area (Å²) in [5.41, 5.74) is 0. The second kappa shape index (κ2) is 23.9. The number of rotatable bonds is 24. The van der Waals surface area contributed by atoms with Crippen LogP contribution in [0.15, 0.2) is 0 Å². The number of hydrogen-bond donors (Lipinski definition) is 10. The van der Waals surface area contributed by atoms with Crippen LogP contribution in [0.3, 0.4) is 0 Å². The molecule has 0 aromatic rings. The maximum Gasteiger partial charge on any atom is 0.327 e. The molecule has 0 aliphatic heterocycles. The quantitative estimate of drug-likeness (QED) is 0.0331. The van der Waals surface area contributed by atoms with Crippen molar-refractivity contribution in [2.24, 2.45) is 23.7 Å². The Kier molecular flexibility index (Phi) is 21.0. The molecule has 0 radical (unpaired) electrons. The van der Waals surface area contributed by atoms with Gasteiger partial charge in [-0.25, -0.2) is 9.59 Å². The lowest BCUT2D eigenvalue weighted by atomic mass is 9.83. The van der Waals surface area contributed by atoms with Gasteiger partial charge in [-0.3, -0.25) is 33.6 Å². The van der Waals surface area contributed by atoms with Gasteiger partial charge in [0.15, 0.2) is 0 Å². The fraction of sp³-hybridized carbons (Fsp3) is 0.714. The van der Waals surface area contributed by atoms with Crippen molar-refractivity contribution in [3.63, 3.8) is 0 Å². The fourth-order valence-corrected chi connectivity index (χ4v) is 6.36. The van der Waals surface area contributed by atoms with E-state index in [1.807, 2.05) is 5.32 Å². The Hall–Kier alpha value is -4.75. The SMILES string of the molecule is CCC(C)C(NC(=O)C(CC(C)C)NC(=O)C(CC(NC(=O)CC(C=O)NC(C)=O)C(=O)O)C(=O)O)C(=O)NC(C(=O)NC(CS)C(=O)O)C1CCCCC1. The van der Waals surface area contributed by atoms with Gasteiger partial charge in [0.2, 0.25) is 35.4 Å². The highest BCUT2D eigenvalue weighted by Crippen LogP contribution is 2.27. The highest BCUT2D eigenvalue weighted by Gasteiger charge is 2.39. The van der Waals surface area contributed by atoms with E-state index in [1.165, 1.54) is 0 Å². The molecule has 6 amide bonds. The van der Waals surface area contributed by atoms with Gasteiger partial charge in [-0.1, -0.05) is 53.4 Å². The van der Waals surface area contributed by atoms with E-state index >= 15 is 0 Å². The lowest BCUT2D eigenvalue weighted by Crippen LogP contribution is -2.61. The van der Waals surface area contributed by atoms with Crippen molar-refractivity contribution >= 4 is 72.3 Å². The molecule has 8 atom stereocenters. The molecule has 0 aromatic carbocycles. The third-order valence-corrected chi connectivity index (χ3v) is 9.67. The van der Waals surface area contributed by atoms with Gasteiger partial charge >= 0.3 is 17.9 Å². The molecule has 0 bridgehead atoms. The van der Waals surface area contributed by atoms with Gasteiger partial charge < -0.3 is 52.0 Å². The summed E-state index contributed by atoms with van der Waals surface area (Å²) >= 11 is 4.00. The van der Waals surface area contributed by atoms with Gasteiger partial charge in [0.25, 0.3) is 0 Å². The zero-order valence-corrected chi connectivity index (χ0v) is 32.7. The number of carbonyl (C=O) groups is 10. The van der Waals surface area contributed by atoms with Crippen LogP contribution in [0.1, 0.15) is 92.4 Å². The Morgan fingerprint density at radius 3 is 1.75 bits per heavy atom. The standard InChI is InChI=1S/C35H56N6O13S/c1-6-18(4)27(31(47)41-28(20-10-8-7-9-11-20)32(48)39-25(16-55)35(53)54)40-30(46)23(12-17(2)3)38-29(45)22(33(49)50)14-24(34(51)52)37-26(44)13-21(15-42)36-19(5)43/h15,17-18,20-25,27-28,55H,6-14,16H2,1-5H3,(H,36,43)(H,37,44)(H,38,45)(H,39,48)(H,40,46)(H,41,47)(H,49,50)(H,51,52)(H,53,54). The van der Waals surface area contributed by atoms with E-state index in [-0.39, 0.29) is 30.3 Å². The number of carboxylic acid groups (broad SMARTS) is 3. The number of carbonyl (C=O) groups excluding carboxylic acids is 7. The number of amides is 6. The molecule has 1 aliphatic rings. The molecule has 1 rings (SSSR count). The molecule has 0 aromatic heterocycles. The Morgan fingerprint density at radius 2 is 1.27 bits per heavy atom. The van der Waals surface area contributed by atoms with Crippen LogP contribution in [0.25, 0.3) is 0 Å². The van der Waals surface area contributed by atoms with E-state index in [2.05, 4.69) is 39.2 Å². The molecule has 310 valence electrons. The van der Waals surface area contributed by atoms with E-state index in [0.717, 1.165) is 26.2 Å². The average molecular weight is 801 g/mol. The number of aldehydes is 1. The number of carboxylic acids is 3. The van der Waals surface area contributed by atoms with Crippen molar-refractivity contribution in [3.05, 3.63) is 0 Å². The molecular weight excluding hydrogens is 744 g/mol. The Balaban J connectivity index is 3.29. The van der Waals surface area contributed by atoms with Crippen molar-refractivity contribution in [1.29, 1.82) is 0 Å². The van der Waals surface area contributed by atoms with Crippen LogP contribution in [0, 0.1) is 23.7 Å². The molecule has 1 saturated carbocycles. The van der Waals surface area contributed by atoms with Gasteiger partial charge in [0, 0.05) is 19.1 Å². The summed E-state index contributed by atoms with van der Waals surface area (Å²) in [6, 6.07) is -8.32. The first-order valence-electron chi connectivity index (χ1n) is 18.3. The smallest absolute Gasteiger partial charge is 0.327 e. The average Bonchev–Trinajstić information content (AvgIpc) is 3.11. The Bertz CT molecular complexity index is 1410. The Labute approximate surface area is 325 Å². The third kappa shape index (κ3) is 16.7. The lowest BCUT2D eigenvalue weighted by Gasteiger charge is -2.33.